The predicted molar refractivity (Wildman–Crippen MR) is 98.6 cm³/mol. The number of thiophene rings is 1. The predicted octanol–water partition coefficient (Wildman–Crippen LogP) is 3.51. The van der Waals surface area contributed by atoms with Crippen molar-refractivity contribution in [2.24, 2.45) is 5.92 Å². The minimum atomic E-state index is -0.551. The summed E-state index contributed by atoms with van der Waals surface area (Å²) in [7, 11) is 0. The molecule has 0 aliphatic heterocycles. The zero-order valence-electron chi connectivity index (χ0n) is 13.7. The number of nitrogens with one attached hydrogen (secondary N) is 2. The van der Waals surface area contributed by atoms with Gasteiger partial charge in [0.1, 0.15) is 6.04 Å². The van der Waals surface area contributed by atoms with Crippen molar-refractivity contribution in [3.05, 3.63) is 57.2 Å². The van der Waals surface area contributed by atoms with Crippen LogP contribution in [0.3, 0.4) is 0 Å². The molecule has 1 aromatic heterocycles. The zero-order valence-corrected chi connectivity index (χ0v) is 15.3. The van der Waals surface area contributed by atoms with E-state index in [4.69, 9.17) is 11.6 Å². The van der Waals surface area contributed by atoms with Crippen LogP contribution in [-0.4, -0.2) is 24.4 Å². The molecule has 4 nitrogen and oxygen atoms in total. The van der Waals surface area contributed by atoms with E-state index in [1.807, 2.05) is 49.6 Å². The molecule has 6 heteroatoms. The Hall–Kier alpha value is -1.85. The summed E-state index contributed by atoms with van der Waals surface area (Å²) < 4.78 is 0. The monoisotopic (exact) mass is 364 g/mol. The van der Waals surface area contributed by atoms with Gasteiger partial charge in [-0.25, -0.2) is 0 Å². The summed E-state index contributed by atoms with van der Waals surface area (Å²) in [5, 5.41) is 8.24. The third-order valence-electron chi connectivity index (χ3n) is 3.61. The Labute approximate surface area is 151 Å². The molecule has 0 unspecified atom stereocenters. The molecule has 0 bridgehead atoms. The lowest BCUT2D eigenvalue weighted by molar-refractivity contribution is -0.123. The molecule has 0 aliphatic rings. The van der Waals surface area contributed by atoms with Gasteiger partial charge in [0.05, 0.1) is 4.88 Å². The summed E-state index contributed by atoms with van der Waals surface area (Å²) in [4.78, 5) is 25.2. The normalized spacial score (nSPS) is 12.0. The maximum absolute atomic E-state index is 12.4. The van der Waals surface area contributed by atoms with Gasteiger partial charge >= 0.3 is 0 Å². The minimum absolute atomic E-state index is 0.00411. The fraction of sp³-hybridized carbons (Fsp3) is 0.333. The van der Waals surface area contributed by atoms with Gasteiger partial charge in [-0.15, -0.1) is 11.3 Å². The van der Waals surface area contributed by atoms with E-state index < -0.39 is 6.04 Å². The summed E-state index contributed by atoms with van der Waals surface area (Å²) in [6.07, 6.45) is 0.715. The van der Waals surface area contributed by atoms with E-state index in [2.05, 4.69) is 10.6 Å². The summed E-state index contributed by atoms with van der Waals surface area (Å²) in [6, 6.07) is 10.5. The van der Waals surface area contributed by atoms with Gasteiger partial charge in [0, 0.05) is 11.6 Å². The van der Waals surface area contributed by atoms with Crippen LogP contribution < -0.4 is 10.6 Å². The van der Waals surface area contributed by atoms with Gasteiger partial charge in [-0.2, -0.15) is 0 Å². The average molecular weight is 365 g/mol. The molecule has 2 amide bonds. The lowest BCUT2D eigenvalue weighted by atomic mass is 10.0. The van der Waals surface area contributed by atoms with Gasteiger partial charge in [0.15, 0.2) is 0 Å². The Morgan fingerprint density at radius 2 is 1.88 bits per heavy atom. The lowest BCUT2D eigenvalue weighted by Crippen LogP contribution is -2.49. The molecule has 2 rings (SSSR count). The largest absolute Gasteiger partial charge is 0.354 e. The summed E-state index contributed by atoms with van der Waals surface area (Å²) in [5.41, 5.74) is 1.10. The van der Waals surface area contributed by atoms with Crippen molar-refractivity contribution in [3.63, 3.8) is 0 Å². The first-order valence-electron chi connectivity index (χ1n) is 7.84. The fourth-order valence-electron chi connectivity index (χ4n) is 2.25. The van der Waals surface area contributed by atoms with Crippen LogP contribution in [0, 0.1) is 5.92 Å². The van der Waals surface area contributed by atoms with E-state index in [1.165, 1.54) is 11.3 Å². The quantitative estimate of drug-likeness (QED) is 0.789. The number of benzene rings is 1. The second kappa shape index (κ2) is 8.85. The van der Waals surface area contributed by atoms with E-state index >= 15 is 0 Å². The molecular formula is C18H21ClN2O2S. The number of carbonyl (C=O) groups excluding carboxylic acids is 2. The number of halogens is 1. The molecule has 24 heavy (non-hydrogen) atoms. The van der Waals surface area contributed by atoms with Crippen LogP contribution in [0.25, 0.3) is 0 Å². The number of amides is 2. The SMILES string of the molecule is CC(C)[C@H](NC(=O)c1cccs1)C(=O)NCCc1ccc(Cl)cc1. The maximum atomic E-state index is 12.4. The highest BCUT2D eigenvalue weighted by atomic mass is 35.5. The molecule has 0 saturated heterocycles. The van der Waals surface area contributed by atoms with Crippen molar-refractivity contribution in [1.29, 1.82) is 0 Å². The molecular weight excluding hydrogens is 344 g/mol. The molecule has 0 aliphatic carbocycles. The molecule has 2 N–H and O–H groups in total. The van der Waals surface area contributed by atoms with Crippen molar-refractivity contribution in [3.8, 4) is 0 Å². The number of carbonyl (C=O) groups is 2. The van der Waals surface area contributed by atoms with Crippen molar-refractivity contribution >= 4 is 34.8 Å². The van der Waals surface area contributed by atoms with Gasteiger partial charge in [0.2, 0.25) is 5.91 Å². The van der Waals surface area contributed by atoms with E-state index in [0.29, 0.717) is 22.9 Å². The molecule has 128 valence electrons. The van der Waals surface area contributed by atoms with Gasteiger partial charge in [0.25, 0.3) is 5.91 Å². The van der Waals surface area contributed by atoms with Crippen LogP contribution in [0.5, 0.6) is 0 Å². The van der Waals surface area contributed by atoms with Crippen molar-refractivity contribution in [1.82, 2.24) is 10.6 Å². The topological polar surface area (TPSA) is 58.2 Å². The lowest BCUT2D eigenvalue weighted by Gasteiger charge is -2.21. The number of rotatable bonds is 7. The molecule has 1 aromatic carbocycles. The highest BCUT2D eigenvalue weighted by molar-refractivity contribution is 7.12. The third kappa shape index (κ3) is 5.35. The second-order valence-electron chi connectivity index (χ2n) is 5.84. The van der Waals surface area contributed by atoms with E-state index in [-0.39, 0.29) is 17.7 Å². The summed E-state index contributed by atoms with van der Waals surface area (Å²) in [6.45, 7) is 4.34. The average Bonchev–Trinajstić information content (AvgIpc) is 3.08. The standard InChI is InChI=1S/C18H21ClN2O2S/c1-12(2)16(21-17(22)15-4-3-11-24-15)18(23)20-10-9-13-5-7-14(19)8-6-13/h3-8,11-12,16H,9-10H2,1-2H3,(H,20,23)(H,21,22)/t16-/m0/s1. The number of hydrogen-bond donors (Lipinski definition) is 2. The molecule has 0 spiro atoms. The van der Waals surface area contributed by atoms with Gasteiger partial charge in [-0.05, 0) is 41.5 Å². The first-order chi connectivity index (χ1) is 11.5. The third-order valence-corrected chi connectivity index (χ3v) is 4.73. The Balaban J connectivity index is 1.87. The maximum Gasteiger partial charge on any atom is 0.262 e. The van der Waals surface area contributed by atoms with Gasteiger partial charge < -0.3 is 10.6 Å². The van der Waals surface area contributed by atoms with Gasteiger partial charge in [-0.3, -0.25) is 9.59 Å². The van der Waals surface area contributed by atoms with Crippen molar-refractivity contribution < 1.29 is 9.59 Å². The number of hydrogen-bond acceptors (Lipinski definition) is 3. The van der Waals surface area contributed by atoms with E-state index in [9.17, 15) is 9.59 Å². The molecule has 0 saturated carbocycles. The fourth-order valence-corrected chi connectivity index (χ4v) is 3.00. The molecule has 0 fully saturated rings. The smallest absolute Gasteiger partial charge is 0.262 e. The van der Waals surface area contributed by atoms with Crippen molar-refractivity contribution in [2.45, 2.75) is 26.3 Å². The molecule has 2 aromatic rings. The first-order valence-corrected chi connectivity index (χ1v) is 9.09. The Morgan fingerprint density at radius 3 is 2.46 bits per heavy atom. The van der Waals surface area contributed by atoms with E-state index in [1.54, 1.807) is 6.07 Å². The van der Waals surface area contributed by atoms with Crippen LogP contribution >= 0.6 is 22.9 Å². The highest BCUT2D eigenvalue weighted by Crippen LogP contribution is 2.11. The zero-order chi connectivity index (χ0) is 17.5. The van der Waals surface area contributed by atoms with Gasteiger partial charge in [-0.1, -0.05) is 43.6 Å². The van der Waals surface area contributed by atoms with Crippen LogP contribution in [-0.2, 0) is 11.2 Å². The Bertz CT molecular complexity index is 669. The van der Waals surface area contributed by atoms with Crippen LogP contribution in [0.4, 0.5) is 0 Å². The molecule has 1 heterocycles. The Kier molecular flexibility index (Phi) is 6.82. The van der Waals surface area contributed by atoms with Crippen LogP contribution in [0.15, 0.2) is 41.8 Å². The second-order valence-corrected chi connectivity index (χ2v) is 7.22. The highest BCUT2D eigenvalue weighted by Gasteiger charge is 2.24. The van der Waals surface area contributed by atoms with Crippen molar-refractivity contribution in [2.75, 3.05) is 6.54 Å². The van der Waals surface area contributed by atoms with Crippen LogP contribution in [0.1, 0.15) is 29.1 Å². The summed E-state index contributed by atoms with van der Waals surface area (Å²) in [5.74, 6) is -0.370. The van der Waals surface area contributed by atoms with Crippen LogP contribution in [0.2, 0.25) is 5.02 Å². The first kappa shape index (κ1) is 18.5. The van der Waals surface area contributed by atoms with E-state index in [0.717, 1.165) is 5.56 Å². The molecule has 1 atom stereocenters. The summed E-state index contributed by atoms with van der Waals surface area (Å²) >= 11 is 7.21. The Morgan fingerprint density at radius 1 is 1.17 bits per heavy atom. The minimum Gasteiger partial charge on any atom is -0.354 e. The molecule has 0 radical (unpaired) electrons.